The van der Waals surface area contributed by atoms with Crippen molar-refractivity contribution in [2.75, 3.05) is 13.1 Å². The maximum Gasteiger partial charge on any atom is 0.224 e. The average Bonchev–Trinajstić information content (AvgIpc) is 2.48. The Bertz CT molecular complexity index is 525. The summed E-state index contributed by atoms with van der Waals surface area (Å²) in [6.07, 6.45) is 3.50. The monoisotopic (exact) mass is 322 g/mol. The molecule has 120 valence electrons. The maximum atomic E-state index is 12.1. The highest BCUT2D eigenvalue weighted by molar-refractivity contribution is 6.30. The molecule has 1 saturated heterocycles. The van der Waals surface area contributed by atoms with Gasteiger partial charge in [0.25, 0.3) is 0 Å². The van der Waals surface area contributed by atoms with Gasteiger partial charge in [0.05, 0.1) is 6.42 Å². The van der Waals surface area contributed by atoms with E-state index in [4.69, 9.17) is 11.6 Å². The van der Waals surface area contributed by atoms with Crippen LogP contribution in [-0.2, 0) is 16.0 Å². The fraction of sp³-hybridized carbons (Fsp3) is 0.529. The summed E-state index contributed by atoms with van der Waals surface area (Å²) < 4.78 is 0. The van der Waals surface area contributed by atoms with Gasteiger partial charge < -0.3 is 10.2 Å². The van der Waals surface area contributed by atoms with Crippen molar-refractivity contribution in [1.82, 2.24) is 10.2 Å². The van der Waals surface area contributed by atoms with E-state index in [1.165, 1.54) is 0 Å². The lowest BCUT2D eigenvalue weighted by Crippen LogP contribution is -2.46. The normalized spacial score (nSPS) is 15.6. The van der Waals surface area contributed by atoms with E-state index in [1.54, 1.807) is 6.07 Å². The quantitative estimate of drug-likeness (QED) is 0.906. The van der Waals surface area contributed by atoms with Crippen LogP contribution in [-0.4, -0.2) is 35.8 Å². The predicted octanol–water partition coefficient (Wildman–Crippen LogP) is 2.79. The van der Waals surface area contributed by atoms with E-state index in [0.717, 1.165) is 37.9 Å². The minimum Gasteiger partial charge on any atom is -0.353 e. The van der Waals surface area contributed by atoms with Gasteiger partial charge in [0, 0.05) is 30.6 Å². The van der Waals surface area contributed by atoms with Crippen LogP contribution in [0.5, 0.6) is 0 Å². The maximum absolute atomic E-state index is 12.1. The summed E-state index contributed by atoms with van der Waals surface area (Å²) in [6.45, 7) is 3.49. The molecule has 0 aromatic heterocycles. The topological polar surface area (TPSA) is 49.4 Å². The summed E-state index contributed by atoms with van der Waals surface area (Å²) in [5, 5.41) is 3.70. The first-order valence-electron chi connectivity index (χ1n) is 7.90. The predicted molar refractivity (Wildman–Crippen MR) is 87.8 cm³/mol. The molecule has 1 aliphatic heterocycles. The second-order valence-corrected chi connectivity index (χ2v) is 6.22. The van der Waals surface area contributed by atoms with Crippen molar-refractivity contribution in [3.8, 4) is 0 Å². The summed E-state index contributed by atoms with van der Waals surface area (Å²) in [5.41, 5.74) is 0.917. The van der Waals surface area contributed by atoms with E-state index in [2.05, 4.69) is 5.32 Å². The molecule has 0 atom stereocenters. The minimum atomic E-state index is 0.0144. The van der Waals surface area contributed by atoms with Crippen LogP contribution < -0.4 is 5.32 Å². The number of hydrogen-bond acceptors (Lipinski definition) is 2. The zero-order valence-electron chi connectivity index (χ0n) is 13.0. The molecule has 0 aliphatic carbocycles. The fourth-order valence-electron chi connectivity index (χ4n) is 2.76. The molecule has 1 aromatic rings. The lowest BCUT2D eigenvalue weighted by atomic mass is 10.0. The molecular weight excluding hydrogens is 300 g/mol. The third-order valence-corrected chi connectivity index (χ3v) is 4.17. The van der Waals surface area contributed by atoms with Crippen molar-refractivity contribution in [2.45, 2.75) is 45.1 Å². The largest absolute Gasteiger partial charge is 0.353 e. The number of halogens is 1. The van der Waals surface area contributed by atoms with Crippen LogP contribution in [0.2, 0.25) is 5.02 Å². The molecular formula is C17H23ClN2O2. The highest BCUT2D eigenvalue weighted by atomic mass is 35.5. The zero-order valence-corrected chi connectivity index (χ0v) is 13.7. The van der Waals surface area contributed by atoms with Gasteiger partial charge in [-0.05, 0) is 37.0 Å². The summed E-state index contributed by atoms with van der Waals surface area (Å²) in [6, 6.07) is 7.52. The number of likely N-dealkylation sites (tertiary alicyclic amines) is 1. The molecule has 1 aliphatic rings. The van der Waals surface area contributed by atoms with Gasteiger partial charge >= 0.3 is 0 Å². The Morgan fingerprint density at radius 3 is 2.68 bits per heavy atom. The van der Waals surface area contributed by atoms with Crippen molar-refractivity contribution in [3.05, 3.63) is 34.9 Å². The molecule has 22 heavy (non-hydrogen) atoms. The van der Waals surface area contributed by atoms with Crippen LogP contribution in [0.25, 0.3) is 0 Å². The minimum absolute atomic E-state index is 0.0144. The van der Waals surface area contributed by atoms with Crippen LogP contribution in [0.3, 0.4) is 0 Å². The Kier molecular flexibility index (Phi) is 6.25. The molecule has 0 spiro atoms. The number of carbonyl (C=O) groups is 2. The molecule has 1 N–H and O–H groups in total. The van der Waals surface area contributed by atoms with E-state index < -0.39 is 0 Å². The van der Waals surface area contributed by atoms with Crippen molar-refractivity contribution < 1.29 is 9.59 Å². The van der Waals surface area contributed by atoms with Crippen LogP contribution in [0.4, 0.5) is 0 Å². The number of hydrogen-bond donors (Lipinski definition) is 1. The van der Waals surface area contributed by atoms with Crippen LogP contribution in [0.1, 0.15) is 38.2 Å². The van der Waals surface area contributed by atoms with Crippen molar-refractivity contribution in [1.29, 1.82) is 0 Å². The number of piperidine rings is 1. The SMILES string of the molecule is CCCC(=O)N1CCC(NC(=O)Cc2cccc(Cl)c2)CC1. The number of benzene rings is 1. The number of amides is 2. The first-order chi connectivity index (χ1) is 10.6. The molecule has 0 bridgehead atoms. The summed E-state index contributed by atoms with van der Waals surface area (Å²) in [4.78, 5) is 25.8. The second kappa shape index (κ2) is 8.18. The smallest absolute Gasteiger partial charge is 0.224 e. The molecule has 5 heteroatoms. The number of carbonyl (C=O) groups excluding carboxylic acids is 2. The third kappa shape index (κ3) is 5.02. The van der Waals surface area contributed by atoms with E-state index >= 15 is 0 Å². The van der Waals surface area contributed by atoms with Gasteiger partial charge in [0.2, 0.25) is 11.8 Å². The Balaban J connectivity index is 1.76. The van der Waals surface area contributed by atoms with Gasteiger partial charge in [-0.1, -0.05) is 30.7 Å². The van der Waals surface area contributed by atoms with Crippen molar-refractivity contribution >= 4 is 23.4 Å². The molecule has 0 radical (unpaired) electrons. The zero-order chi connectivity index (χ0) is 15.9. The van der Waals surface area contributed by atoms with Crippen molar-refractivity contribution in [3.63, 3.8) is 0 Å². The van der Waals surface area contributed by atoms with E-state index in [9.17, 15) is 9.59 Å². The first-order valence-corrected chi connectivity index (χ1v) is 8.28. The Hall–Kier alpha value is -1.55. The van der Waals surface area contributed by atoms with E-state index in [1.807, 2.05) is 30.0 Å². The van der Waals surface area contributed by atoms with Gasteiger partial charge in [-0.25, -0.2) is 0 Å². The van der Waals surface area contributed by atoms with Gasteiger partial charge in [0.1, 0.15) is 0 Å². The van der Waals surface area contributed by atoms with Crippen molar-refractivity contribution in [2.24, 2.45) is 0 Å². The number of rotatable bonds is 5. The average molecular weight is 323 g/mol. The number of nitrogens with one attached hydrogen (secondary N) is 1. The summed E-state index contributed by atoms with van der Waals surface area (Å²) in [7, 11) is 0. The van der Waals surface area contributed by atoms with Gasteiger partial charge in [-0.15, -0.1) is 0 Å². The number of nitrogens with zero attached hydrogens (tertiary/aromatic N) is 1. The summed E-state index contributed by atoms with van der Waals surface area (Å²) in [5.74, 6) is 0.242. The lowest BCUT2D eigenvalue weighted by Gasteiger charge is -2.32. The molecule has 0 unspecified atom stereocenters. The molecule has 2 rings (SSSR count). The Morgan fingerprint density at radius 2 is 2.05 bits per heavy atom. The molecule has 1 heterocycles. The first kappa shape index (κ1) is 16.8. The van der Waals surface area contributed by atoms with Gasteiger partial charge in [0.15, 0.2) is 0 Å². The highest BCUT2D eigenvalue weighted by Crippen LogP contribution is 2.14. The second-order valence-electron chi connectivity index (χ2n) is 5.78. The van der Waals surface area contributed by atoms with Crippen LogP contribution >= 0.6 is 11.6 Å². The standard InChI is InChI=1S/C17H23ClN2O2/c1-2-4-17(22)20-9-7-15(8-10-20)19-16(21)12-13-5-3-6-14(18)11-13/h3,5-6,11,15H,2,4,7-10,12H2,1H3,(H,19,21). The van der Waals surface area contributed by atoms with Gasteiger partial charge in [-0.2, -0.15) is 0 Å². The third-order valence-electron chi connectivity index (χ3n) is 3.93. The van der Waals surface area contributed by atoms with Gasteiger partial charge in [-0.3, -0.25) is 9.59 Å². The molecule has 1 fully saturated rings. The Labute approximate surface area is 136 Å². The van der Waals surface area contributed by atoms with Crippen LogP contribution in [0, 0.1) is 0 Å². The van der Waals surface area contributed by atoms with E-state index in [0.29, 0.717) is 17.9 Å². The van der Waals surface area contributed by atoms with E-state index in [-0.39, 0.29) is 17.9 Å². The lowest BCUT2D eigenvalue weighted by molar-refractivity contribution is -0.132. The highest BCUT2D eigenvalue weighted by Gasteiger charge is 2.23. The molecule has 4 nitrogen and oxygen atoms in total. The molecule has 0 saturated carbocycles. The van der Waals surface area contributed by atoms with Crippen LogP contribution in [0.15, 0.2) is 24.3 Å². The molecule has 2 amide bonds. The summed E-state index contributed by atoms with van der Waals surface area (Å²) >= 11 is 5.92. The Morgan fingerprint density at radius 1 is 1.32 bits per heavy atom. The fourth-order valence-corrected chi connectivity index (χ4v) is 2.97. The molecule has 1 aromatic carbocycles.